The van der Waals surface area contributed by atoms with Crippen molar-refractivity contribution in [3.05, 3.63) is 41.0 Å². The van der Waals surface area contributed by atoms with Crippen LogP contribution in [0.1, 0.15) is 60.5 Å². The topological polar surface area (TPSA) is 44.8 Å². The summed E-state index contributed by atoms with van der Waals surface area (Å²) in [5.41, 5.74) is 3.24. The largest absolute Gasteiger partial charge is 0.465 e. The lowest BCUT2D eigenvalue weighted by atomic mass is 9.58. The van der Waals surface area contributed by atoms with Gasteiger partial charge in [-0.25, -0.2) is 4.79 Å². The van der Waals surface area contributed by atoms with E-state index >= 15 is 0 Å². The minimum absolute atomic E-state index is 0.119. The molecule has 4 nitrogen and oxygen atoms in total. The summed E-state index contributed by atoms with van der Waals surface area (Å²) in [5.74, 6) is -0.156. The third kappa shape index (κ3) is 2.63. The number of carbonyl (C=O) groups excluding carboxylic acids is 1. The van der Waals surface area contributed by atoms with E-state index in [2.05, 4.69) is 25.1 Å². The van der Waals surface area contributed by atoms with Crippen LogP contribution in [-0.4, -0.2) is 32.1 Å². The van der Waals surface area contributed by atoms with Crippen LogP contribution in [0.4, 0.5) is 0 Å². The van der Waals surface area contributed by atoms with Crippen LogP contribution in [0.15, 0.2) is 24.3 Å². The summed E-state index contributed by atoms with van der Waals surface area (Å²) in [6.45, 7) is 3.70. The van der Waals surface area contributed by atoms with E-state index in [9.17, 15) is 4.79 Å². The number of rotatable bonds is 2. The van der Waals surface area contributed by atoms with Crippen molar-refractivity contribution < 1.29 is 19.0 Å². The number of benzene rings is 1. The minimum atomic E-state index is -0.367. The molecule has 2 atom stereocenters. The Kier molecular flexibility index (Phi) is 4.20. The lowest BCUT2D eigenvalue weighted by molar-refractivity contribution is -0.198. The molecule has 2 fully saturated rings. The van der Waals surface area contributed by atoms with E-state index in [0.717, 1.165) is 37.7 Å². The molecule has 4 heteroatoms. The van der Waals surface area contributed by atoms with Gasteiger partial charge in [0.1, 0.15) is 0 Å². The summed E-state index contributed by atoms with van der Waals surface area (Å²) in [7, 11) is 1.43. The summed E-state index contributed by atoms with van der Waals surface area (Å²) < 4.78 is 16.9. The third-order valence-electron chi connectivity index (χ3n) is 6.46. The zero-order valence-electron chi connectivity index (χ0n) is 15.0. The Balaban J connectivity index is 1.74. The maximum Gasteiger partial charge on any atom is 0.337 e. The number of methoxy groups -OCH3 is 1. The molecule has 0 unspecified atom stereocenters. The van der Waals surface area contributed by atoms with Crippen molar-refractivity contribution in [3.63, 3.8) is 0 Å². The summed E-state index contributed by atoms with van der Waals surface area (Å²) in [6, 6.07) is 6.03. The molecule has 1 saturated heterocycles. The van der Waals surface area contributed by atoms with Crippen molar-refractivity contribution in [2.75, 3.05) is 20.3 Å². The fraction of sp³-hybridized carbons (Fsp3) is 0.571. The van der Waals surface area contributed by atoms with Gasteiger partial charge >= 0.3 is 5.97 Å². The molecule has 1 heterocycles. The van der Waals surface area contributed by atoms with Gasteiger partial charge in [-0.2, -0.15) is 0 Å². The van der Waals surface area contributed by atoms with Crippen LogP contribution < -0.4 is 0 Å². The number of hydrogen-bond acceptors (Lipinski definition) is 4. The molecule has 4 rings (SSSR count). The van der Waals surface area contributed by atoms with Gasteiger partial charge in [0, 0.05) is 12.8 Å². The van der Waals surface area contributed by atoms with E-state index in [1.807, 2.05) is 12.1 Å². The molecule has 25 heavy (non-hydrogen) atoms. The number of ether oxygens (including phenoxy) is 3. The highest BCUT2D eigenvalue weighted by Gasteiger charge is 2.52. The fourth-order valence-corrected chi connectivity index (χ4v) is 5.13. The summed E-state index contributed by atoms with van der Waals surface area (Å²) in [5, 5.41) is 0. The maximum atomic E-state index is 11.9. The Hall–Kier alpha value is -1.65. The van der Waals surface area contributed by atoms with E-state index in [-0.39, 0.29) is 17.2 Å². The summed E-state index contributed by atoms with van der Waals surface area (Å²) >= 11 is 0. The molecule has 0 aromatic heterocycles. The normalized spacial score (nSPS) is 29.8. The van der Waals surface area contributed by atoms with Crippen LogP contribution in [0.5, 0.6) is 0 Å². The van der Waals surface area contributed by atoms with Crippen LogP contribution in [0.3, 0.4) is 0 Å². The SMILES string of the molecule is CC[C@@]12CCC3(C[C@@H]1CC=Cc1cc(C(=O)OC)ccc12)OCCO3. The van der Waals surface area contributed by atoms with Gasteiger partial charge in [0.15, 0.2) is 5.79 Å². The predicted octanol–water partition coefficient (Wildman–Crippen LogP) is 4.08. The molecule has 1 spiro atoms. The number of carbonyl (C=O) groups is 1. The maximum absolute atomic E-state index is 11.9. The van der Waals surface area contributed by atoms with Crippen molar-refractivity contribution in [2.45, 2.75) is 50.2 Å². The molecule has 0 radical (unpaired) electrons. The molecule has 0 bridgehead atoms. The molecule has 1 aromatic rings. The van der Waals surface area contributed by atoms with Crippen LogP contribution >= 0.6 is 0 Å². The van der Waals surface area contributed by atoms with Gasteiger partial charge in [-0.05, 0) is 53.9 Å². The molecule has 134 valence electrons. The first kappa shape index (κ1) is 16.8. The van der Waals surface area contributed by atoms with Gasteiger partial charge in [-0.15, -0.1) is 0 Å². The van der Waals surface area contributed by atoms with Gasteiger partial charge in [-0.3, -0.25) is 0 Å². The van der Waals surface area contributed by atoms with E-state index in [4.69, 9.17) is 14.2 Å². The molecule has 3 aliphatic rings. The molecule has 1 saturated carbocycles. The first-order valence-electron chi connectivity index (χ1n) is 9.30. The second-order valence-corrected chi connectivity index (χ2v) is 7.45. The highest BCUT2D eigenvalue weighted by atomic mass is 16.7. The Morgan fingerprint density at radius 2 is 2.08 bits per heavy atom. The minimum Gasteiger partial charge on any atom is -0.465 e. The Morgan fingerprint density at radius 1 is 1.28 bits per heavy atom. The molecule has 2 aliphatic carbocycles. The molecule has 0 N–H and O–H groups in total. The van der Waals surface area contributed by atoms with Crippen molar-refractivity contribution in [2.24, 2.45) is 5.92 Å². The standard InChI is InChI=1S/C21H26O4/c1-3-20-9-10-21(24-11-12-25-21)14-17(20)6-4-5-15-13-16(19(22)23-2)7-8-18(15)20/h4-5,7-8,13,17H,3,6,9-12,14H2,1-2H3/t17-,20+/m0/s1. The molecule has 0 amide bonds. The van der Waals surface area contributed by atoms with Crippen molar-refractivity contribution in [1.29, 1.82) is 0 Å². The average Bonchev–Trinajstić information content (AvgIpc) is 3.03. The van der Waals surface area contributed by atoms with Gasteiger partial charge < -0.3 is 14.2 Å². The molecule has 1 aliphatic heterocycles. The molecular formula is C21H26O4. The van der Waals surface area contributed by atoms with E-state index in [1.165, 1.54) is 12.7 Å². The van der Waals surface area contributed by atoms with Crippen molar-refractivity contribution in [3.8, 4) is 0 Å². The summed E-state index contributed by atoms with van der Waals surface area (Å²) in [4.78, 5) is 11.9. The lowest BCUT2D eigenvalue weighted by Crippen LogP contribution is -2.48. The molecular weight excluding hydrogens is 316 g/mol. The van der Waals surface area contributed by atoms with Crippen LogP contribution in [0, 0.1) is 5.92 Å². The predicted molar refractivity (Wildman–Crippen MR) is 95.4 cm³/mol. The number of hydrogen-bond donors (Lipinski definition) is 0. The summed E-state index contributed by atoms with van der Waals surface area (Å²) in [6.07, 6.45) is 9.46. The monoisotopic (exact) mass is 342 g/mol. The quantitative estimate of drug-likeness (QED) is 0.760. The van der Waals surface area contributed by atoms with E-state index in [1.54, 1.807) is 0 Å². The van der Waals surface area contributed by atoms with Crippen LogP contribution in [-0.2, 0) is 19.6 Å². The van der Waals surface area contributed by atoms with Crippen LogP contribution in [0.2, 0.25) is 0 Å². The Morgan fingerprint density at radius 3 is 2.80 bits per heavy atom. The zero-order valence-corrected chi connectivity index (χ0v) is 15.0. The number of allylic oxidation sites excluding steroid dienone is 1. The smallest absolute Gasteiger partial charge is 0.337 e. The van der Waals surface area contributed by atoms with Gasteiger partial charge in [0.2, 0.25) is 0 Å². The van der Waals surface area contributed by atoms with Crippen molar-refractivity contribution in [1.82, 2.24) is 0 Å². The van der Waals surface area contributed by atoms with E-state index in [0.29, 0.717) is 24.7 Å². The average molecular weight is 342 g/mol. The third-order valence-corrected chi connectivity index (χ3v) is 6.46. The number of esters is 1. The number of fused-ring (bicyclic) bond motifs is 3. The lowest BCUT2D eigenvalue weighted by Gasteiger charge is -2.49. The Bertz CT molecular complexity index is 702. The first-order valence-corrected chi connectivity index (χ1v) is 9.30. The van der Waals surface area contributed by atoms with Gasteiger partial charge in [-0.1, -0.05) is 25.1 Å². The second-order valence-electron chi connectivity index (χ2n) is 7.45. The highest BCUT2D eigenvalue weighted by Crippen LogP contribution is 2.54. The zero-order chi connectivity index (χ0) is 17.5. The van der Waals surface area contributed by atoms with Crippen LogP contribution in [0.25, 0.3) is 6.08 Å². The molecule has 1 aromatic carbocycles. The fourth-order valence-electron chi connectivity index (χ4n) is 5.13. The Labute approximate surface area is 149 Å². The van der Waals surface area contributed by atoms with Gasteiger partial charge in [0.05, 0.1) is 25.9 Å². The first-order chi connectivity index (χ1) is 12.1. The second kappa shape index (κ2) is 6.26. The van der Waals surface area contributed by atoms with Gasteiger partial charge in [0.25, 0.3) is 0 Å². The van der Waals surface area contributed by atoms with Crippen molar-refractivity contribution >= 4 is 12.0 Å². The highest BCUT2D eigenvalue weighted by molar-refractivity contribution is 5.90. The van der Waals surface area contributed by atoms with E-state index < -0.39 is 0 Å².